The molecule has 2 unspecified atom stereocenters. The molecule has 0 radical (unpaired) electrons. The minimum atomic E-state index is -0.109. The molecule has 4 heteroatoms. The summed E-state index contributed by atoms with van der Waals surface area (Å²) in [5, 5.41) is 3.24. The molecule has 1 fully saturated rings. The van der Waals surface area contributed by atoms with Gasteiger partial charge in [0.2, 0.25) is 0 Å². The molecule has 1 N–H and O–H groups in total. The summed E-state index contributed by atoms with van der Waals surface area (Å²) in [6.45, 7) is 7.52. The van der Waals surface area contributed by atoms with Crippen molar-refractivity contribution in [1.29, 1.82) is 0 Å². The fraction of sp³-hybridized carbons (Fsp3) is 0.647. The van der Waals surface area contributed by atoms with Crippen LogP contribution in [-0.4, -0.2) is 32.8 Å². The number of ether oxygens (including phenoxy) is 1. The van der Waals surface area contributed by atoms with Crippen molar-refractivity contribution in [2.24, 2.45) is 5.92 Å². The molecular weight excluding hydrogens is 267 g/mol. The van der Waals surface area contributed by atoms with E-state index in [-0.39, 0.29) is 5.82 Å². The van der Waals surface area contributed by atoms with Crippen LogP contribution in [0, 0.1) is 11.7 Å². The Morgan fingerprint density at radius 2 is 2.19 bits per heavy atom. The Morgan fingerprint density at radius 3 is 2.90 bits per heavy atom. The van der Waals surface area contributed by atoms with E-state index >= 15 is 0 Å². The number of piperidine rings is 1. The van der Waals surface area contributed by atoms with Crippen molar-refractivity contribution >= 4 is 5.69 Å². The third-order valence-corrected chi connectivity index (χ3v) is 4.51. The molecule has 0 spiro atoms. The van der Waals surface area contributed by atoms with E-state index in [1.165, 1.54) is 6.42 Å². The molecule has 0 aromatic heterocycles. The molecule has 0 aliphatic carbocycles. The normalized spacial score (nSPS) is 22.6. The monoisotopic (exact) mass is 294 g/mol. The predicted molar refractivity (Wildman–Crippen MR) is 85.2 cm³/mol. The Morgan fingerprint density at radius 1 is 1.38 bits per heavy atom. The number of nitrogens with zero attached hydrogens (tertiary/aromatic N) is 1. The Bertz CT molecular complexity index is 452. The lowest BCUT2D eigenvalue weighted by Crippen LogP contribution is -2.42. The number of nitrogens with one attached hydrogen (secondary N) is 1. The molecule has 2 atom stereocenters. The molecule has 1 aromatic carbocycles. The van der Waals surface area contributed by atoms with Crippen molar-refractivity contribution in [1.82, 2.24) is 5.32 Å². The van der Waals surface area contributed by atoms with E-state index in [1.807, 2.05) is 12.1 Å². The number of benzene rings is 1. The van der Waals surface area contributed by atoms with Crippen molar-refractivity contribution in [3.8, 4) is 0 Å². The average Bonchev–Trinajstić information content (AvgIpc) is 2.47. The Balaban J connectivity index is 2.01. The number of hydrogen-bond acceptors (Lipinski definition) is 3. The van der Waals surface area contributed by atoms with Gasteiger partial charge in [0.25, 0.3) is 0 Å². The number of halogens is 1. The summed E-state index contributed by atoms with van der Waals surface area (Å²) in [6, 6.07) is 6.00. The lowest BCUT2D eigenvalue weighted by atomic mass is 9.91. The summed E-state index contributed by atoms with van der Waals surface area (Å²) in [5.41, 5.74) is 1.72. The first-order chi connectivity index (χ1) is 10.1. The number of anilines is 1. The molecule has 2 rings (SSSR count). The fourth-order valence-electron chi connectivity index (χ4n) is 2.98. The first-order valence-corrected chi connectivity index (χ1v) is 7.88. The lowest BCUT2D eigenvalue weighted by Gasteiger charge is -2.39. The SMILES string of the molecule is COCCNCc1ccc(N2CCCC(C)C2C)c(F)c1. The average molecular weight is 294 g/mol. The summed E-state index contributed by atoms with van der Waals surface area (Å²) in [7, 11) is 1.68. The van der Waals surface area contributed by atoms with Gasteiger partial charge in [0.1, 0.15) is 5.82 Å². The second-order valence-corrected chi connectivity index (χ2v) is 6.01. The Kier molecular flexibility index (Phi) is 6.00. The van der Waals surface area contributed by atoms with E-state index < -0.39 is 0 Å². The molecule has 118 valence electrons. The van der Waals surface area contributed by atoms with E-state index in [0.717, 1.165) is 30.8 Å². The van der Waals surface area contributed by atoms with Gasteiger partial charge in [-0.1, -0.05) is 13.0 Å². The van der Waals surface area contributed by atoms with E-state index in [4.69, 9.17) is 4.74 Å². The lowest BCUT2D eigenvalue weighted by molar-refractivity contribution is 0.199. The van der Waals surface area contributed by atoms with Crippen LogP contribution >= 0.6 is 0 Å². The molecule has 0 saturated carbocycles. The van der Waals surface area contributed by atoms with Crippen LogP contribution in [-0.2, 0) is 11.3 Å². The summed E-state index contributed by atoms with van der Waals surface area (Å²) in [4.78, 5) is 2.21. The number of rotatable bonds is 6. The summed E-state index contributed by atoms with van der Waals surface area (Å²) in [5.74, 6) is 0.510. The maximum atomic E-state index is 14.4. The van der Waals surface area contributed by atoms with Crippen LogP contribution in [0.1, 0.15) is 32.3 Å². The zero-order valence-electron chi connectivity index (χ0n) is 13.4. The summed E-state index contributed by atoms with van der Waals surface area (Å²) in [6.07, 6.45) is 2.38. The molecule has 3 nitrogen and oxygen atoms in total. The Labute approximate surface area is 127 Å². The van der Waals surface area contributed by atoms with E-state index in [2.05, 4.69) is 24.1 Å². The van der Waals surface area contributed by atoms with Crippen LogP contribution in [0.25, 0.3) is 0 Å². The van der Waals surface area contributed by atoms with Gasteiger partial charge in [-0.2, -0.15) is 0 Å². The smallest absolute Gasteiger partial charge is 0.146 e. The Hall–Kier alpha value is -1.13. The van der Waals surface area contributed by atoms with Gasteiger partial charge in [0, 0.05) is 32.8 Å². The summed E-state index contributed by atoms with van der Waals surface area (Å²) >= 11 is 0. The zero-order chi connectivity index (χ0) is 15.2. The van der Waals surface area contributed by atoms with Crippen LogP contribution in [0.2, 0.25) is 0 Å². The van der Waals surface area contributed by atoms with Gasteiger partial charge >= 0.3 is 0 Å². The van der Waals surface area contributed by atoms with E-state index in [9.17, 15) is 4.39 Å². The van der Waals surface area contributed by atoms with Gasteiger partial charge < -0.3 is 15.0 Å². The van der Waals surface area contributed by atoms with Gasteiger partial charge in [0.05, 0.1) is 12.3 Å². The quantitative estimate of drug-likeness (QED) is 0.816. The van der Waals surface area contributed by atoms with Crippen molar-refractivity contribution in [3.05, 3.63) is 29.6 Å². The molecule has 1 heterocycles. The molecule has 0 bridgehead atoms. The maximum absolute atomic E-state index is 14.4. The van der Waals surface area contributed by atoms with Crippen molar-refractivity contribution in [3.63, 3.8) is 0 Å². The maximum Gasteiger partial charge on any atom is 0.146 e. The first-order valence-electron chi connectivity index (χ1n) is 7.88. The van der Waals surface area contributed by atoms with Crippen LogP contribution in [0.4, 0.5) is 10.1 Å². The second kappa shape index (κ2) is 7.76. The number of methoxy groups -OCH3 is 1. The van der Waals surface area contributed by atoms with Crippen molar-refractivity contribution < 1.29 is 9.13 Å². The van der Waals surface area contributed by atoms with E-state index in [0.29, 0.717) is 25.1 Å². The highest BCUT2D eigenvalue weighted by Gasteiger charge is 2.26. The van der Waals surface area contributed by atoms with Crippen molar-refractivity contribution in [2.75, 3.05) is 31.7 Å². The highest BCUT2D eigenvalue weighted by Crippen LogP contribution is 2.30. The molecule has 1 aliphatic heterocycles. The van der Waals surface area contributed by atoms with Gasteiger partial charge in [-0.05, 0) is 43.4 Å². The minimum Gasteiger partial charge on any atom is -0.383 e. The standard InChI is InChI=1S/C17H27FN2O/c1-13-5-4-9-20(14(13)2)17-7-6-15(11-16(17)18)12-19-8-10-21-3/h6-7,11,13-14,19H,4-5,8-10,12H2,1-3H3. The third kappa shape index (κ3) is 4.17. The molecule has 0 amide bonds. The highest BCUT2D eigenvalue weighted by molar-refractivity contribution is 5.50. The largest absolute Gasteiger partial charge is 0.383 e. The van der Waals surface area contributed by atoms with Crippen LogP contribution in [0.5, 0.6) is 0 Å². The fourth-order valence-corrected chi connectivity index (χ4v) is 2.98. The highest BCUT2D eigenvalue weighted by atomic mass is 19.1. The summed E-state index contributed by atoms with van der Waals surface area (Å²) < 4.78 is 19.4. The first kappa shape index (κ1) is 16.2. The molecular formula is C17H27FN2O. The van der Waals surface area contributed by atoms with Gasteiger partial charge in [0.15, 0.2) is 0 Å². The van der Waals surface area contributed by atoms with Gasteiger partial charge in [-0.3, -0.25) is 0 Å². The number of hydrogen-bond donors (Lipinski definition) is 1. The van der Waals surface area contributed by atoms with Crippen molar-refractivity contribution in [2.45, 2.75) is 39.3 Å². The molecule has 1 aromatic rings. The molecule has 1 aliphatic rings. The van der Waals surface area contributed by atoms with Crippen LogP contribution < -0.4 is 10.2 Å². The predicted octanol–water partition coefficient (Wildman–Crippen LogP) is 3.19. The minimum absolute atomic E-state index is 0.109. The third-order valence-electron chi connectivity index (χ3n) is 4.51. The molecule has 21 heavy (non-hydrogen) atoms. The van der Waals surface area contributed by atoms with E-state index in [1.54, 1.807) is 13.2 Å². The topological polar surface area (TPSA) is 24.5 Å². The molecule has 1 saturated heterocycles. The van der Waals surface area contributed by atoms with Crippen LogP contribution in [0.3, 0.4) is 0 Å². The van der Waals surface area contributed by atoms with Gasteiger partial charge in [-0.15, -0.1) is 0 Å². The second-order valence-electron chi connectivity index (χ2n) is 6.01. The zero-order valence-corrected chi connectivity index (χ0v) is 13.4. The van der Waals surface area contributed by atoms with Crippen LogP contribution in [0.15, 0.2) is 18.2 Å². The van der Waals surface area contributed by atoms with Gasteiger partial charge in [-0.25, -0.2) is 4.39 Å².